The Kier molecular flexibility index (Phi) is 8.07. The standard InChI is InChI=1S/C32H35NO6/c1-4-27(33-3)30(39-20(2)34)18-36-26-14-9-23(10-15-26)31(22-7-12-25(35)13-8-22)32(21-5-6-21)24-11-16-28-29(17-24)38-19-37-28/h7-17,21,27,30,33,35H,4-6,18-19H2,1-3H3. The molecular formula is C32H35NO6. The molecule has 5 rings (SSSR count). The summed E-state index contributed by atoms with van der Waals surface area (Å²) in [6, 6.07) is 21.5. The van der Waals surface area contributed by atoms with Crippen molar-refractivity contribution >= 4 is 17.1 Å². The Morgan fingerprint density at radius 2 is 1.62 bits per heavy atom. The van der Waals surface area contributed by atoms with E-state index in [4.69, 9.17) is 18.9 Å². The zero-order chi connectivity index (χ0) is 27.4. The van der Waals surface area contributed by atoms with Crippen LogP contribution in [0.15, 0.2) is 66.7 Å². The second-order valence-corrected chi connectivity index (χ2v) is 9.96. The minimum absolute atomic E-state index is 0.00000580. The first-order valence-corrected chi connectivity index (χ1v) is 13.5. The van der Waals surface area contributed by atoms with Crippen molar-refractivity contribution in [3.05, 3.63) is 83.4 Å². The van der Waals surface area contributed by atoms with Gasteiger partial charge in [-0.05, 0) is 96.5 Å². The van der Waals surface area contributed by atoms with Crippen LogP contribution in [0.3, 0.4) is 0 Å². The number of phenolic OH excluding ortho intramolecular Hbond substituents is 1. The van der Waals surface area contributed by atoms with Crippen LogP contribution in [-0.4, -0.2) is 43.7 Å². The summed E-state index contributed by atoms with van der Waals surface area (Å²) in [5, 5.41) is 13.2. The Labute approximate surface area is 229 Å². The van der Waals surface area contributed by atoms with E-state index >= 15 is 0 Å². The molecule has 1 fully saturated rings. The summed E-state index contributed by atoms with van der Waals surface area (Å²) < 4.78 is 22.8. The largest absolute Gasteiger partial charge is 0.508 e. The monoisotopic (exact) mass is 529 g/mol. The van der Waals surface area contributed by atoms with E-state index in [1.807, 2.05) is 44.3 Å². The number of hydrogen-bond acceptors (Lipinski definition) is 7. The lowest BCUT2D eigenvalue weighted by Gasteiger charge is -2.25. The molecule has 0 saturated heterocycles. The number of ether oxygens (including phenoxy) is 4. The Morgan fingerprint density at radius 1 is 0.974 bits per heavy atom. The number of phenols is 1. The lowest BCUT2D eigenvalue weighted by atomic mass is 9.87. The Hall–Kier alpha value is -3.97. The van der Waals surface area contributed by atoms with Gasteiger partial charge in [0.05, 0.1) is 0 Å². The number of fused-ring (bicyclic) bond motifs is 1. The summed E-state index contributed by atoms with van der Waals surface area (Å²) in [7, 11) is 1.86. The molecule has 1 heterocycles. The number of rotatable bonds is 11. The zero-order valence-electron chi connectivity index (χ0n) is 22.6. The molecule has 204 valence electrons. The van der Waals surface area contributed by atoms with Gasteiger partial charge in [0.15, 0.2) is 17.6 Å². The molecule has 3 aromatic carbocycles. The number of likely N-dealkylation sites (N-methyl/N-ethyl adjacent to an activating group) is 1. The van der Waals surface area contributed by atoms with Crippen LogP contribution in [0.4, 0.5) is 0 Å². The predicted octanol–water partition coefficient (Wildman–Crippen LogP) is 5.80. The van der Waals surface area contributed by atoms with Gasteiger partial charge in [-0.1, -0.05) is 37.3 Å². The van der Waals surface area contributed by atoms with Crippen molar-refractivity contribution in [1.29, 1.82) is 0 Å². The summed E-state index contributed by atoms with van der Waals surface area (Å²) in [5.74, 6) is 2.55. The van der Waals surface area contributed by atoms with Crippen LogP contribution in [0, 0.1) is 5.92 Å². The van der Waals surface area contributed by atoms with Crippen LogP contribution in [0.1, 0.15) is 49.8 Å². The number of allylic oxidation sites excluding steroid dienone is 1. The number of benzene rings is 3. The van der Waals surface area contributed by atoms with Crippen LogP contribution < -0.4 is 19.5 Å². The lowest BCUT2D eigenvalue weighted by molar-refractivity contribution is -0.149. The maximum absolute atomic E-state index is 11.6. The van der Waals surface area contributed by atoms with Crippen molar-refractivity contribution in [3.63, 3.8) is 0 Å². The van der Waals surface area contributed by atoms with Gasteiger partial charge >= 0.3 is 5.97 Å². The van der Waals surface area contributed by atoms with Crippen LogP contribution >= 0.6 is 0 Å². The van der Waals surface area contributed by atoms with Gasteiger partial charge in [-0.25, -0.2) is 0 Å². The summed E-state index contributed by atoms with van der Waals surface area (Å²) in [6.07, 6.45) is 2.65. The normalized spacial score (nSPS) is 16.3. The lowest BCUT2D eigenvalue weighted by Crippen LogP contribution is -2.43. The van der Waals surface area contributed by atoms with E-state index in [2.05, 4.69) is 29.6 Å². The maximum Gasteiger partial charge on any atom is 0.303 e. The van der Waals surface area contributed by atoms with Crippen LogP contribution in [0.2, 0.25) is 0 Å². The molecular weight excluding hydrogens is 494 g/mol. The molecule has 7 heteroatoms. The van der Waals surface area contributed by atoms with E-state index in [-0.39, 0.29) is 31.2 Å². The number of nitrogens with one attached hydrogen (secondary N) is 1. The van der Waals surface area contributed by atoms with Crippen molar-refractivity contribution in [3.8, 4) is 23.0 Å². The minimum atomic E-state index is -0.392. The number of carbonyl (C=O) groups excluding carboxylic acids is 1. The molecule has 0 aromatic heterocycles. The third-order valence-corrected chi connectivity index (χ3v) is 7.23. The van der Waals surface area contributed by atoms with Gasteiger partial charge in [-0.15, -0.1) is 0 Å². The highest BCUT2D eigenvalue weighted by atomic mass is 16.7. The fourth-order valence-electron chi connectivity index (χ4n) is 5.12. The van der Waals surface area contributed by atoms with Gasteiger partial charge in [0.25, 0.3) is 0 Å². The first-order valence-electron chi connectivity index (χ1n) is 13.5. The van der Waals surface area contributed by atoms with E-state index in [1.165, 1.54) is 12.5 Å². The minimum Gasteiger partial charge on any atom is -0.508 e. The van der Waals surface area contributed by atoms with E-state index in [0.29, 0.717) is 11.7 Å². The topological polar surface area (TPSA) is 86.2 Å². The zero-order valence-corrected chi connectivity index (χ0v) is 22.6. The van der Waals surface area contributed by atoms with Crippen molar-refractivity contribution in [2.24, 2.45) is 5.92 Å². The number of esters is 1. The average Bonchev–Trinajstić information content (AvgIpc) is 3.67. The second-order valence-electron chi connectivity index (χ2n) is 9.96. The molecule has 2 atom stereocenters. The molecule has 1 aliphatic heterocycles. The molecule has 2 N–H and O–H groups in total. The van der Waals surface area contributed by atoms with Crippen LogP contribution in [0.25, 0.3) is 11.1 Å². The fraction of sp³-hybridized carbons (Fsp3) is 0.344. The third-order valence-electron chi connectivity index (χ3n) is 7.23. The molecule has 39 heavy (non-hydrogen) atoms. The Balaban J connectivity index is 1.49. The highest BCUT2D eigenvalue weighted by Crippen LogP contribution is 2.49. The van der Waals surface area contributed by atoms with Gasteiger partial charge in [-0.3, -0.25) is 4.79 Å². The van der Waals surface area contributed by atoms with Gasteiger partial charge in [0.1, 0.15) is 18.1 Å². The van der Waals surface area contributed by atoms with Crippen molar-refractivity contribution in [1.82, 2.24) is 5.32 Å². The number of hydrogen-bond donors (Lipinski definition) is 2. The molecule has 7 nitrogen and oxygen atoms in total. The molecule has 0 spiro atoms. The number of aromatic hydroxyl groups is 1. The van der Waals surface area contributed by atoms with Crippen molar-refractivity contribution in [2.75, 3.05) is 20.4 Å². The second kappa shape index (κ2) is 11.8. The Morgan fingerprint density at radius 3 is 2.23 bits per heavy atom. The smallest absolute Gasteiger partial charge is 0.303 e. The van der Waals surface area contributed by atoms with Crippen LogP contribution in [-0.2, 0) is 9.53 Å². The summed E-state index contributed by atoms with van der Waals surface area (Å²) in [4.78, 5) is 11.6. The SMILES string of the molecule is CCC(NC)C(COc1ccc(C(=C(c2ccc3c(c2)OCO3)C2CC2)c2ccc(O)cc2)cc1)OC(C)=O. The molecule has 2 unspecified atom stereocenters. The first-order chi connectivity index (χ1) is 19.0. The van der Waals surface area contributed by atoms with Gasteiger partial charge in [-0.2, -0.15) is 0 Å². The summed E-state index contributed by atoms with van der Waals surface area (Å²) in [6.45, 7) is 3.95. The van der Waals surface area contributed by atoms with E-state index < -0.39 is 6.10 Å². The van der Waals surface area contributed by atoms with Crippen molar-refractivity contribution in [2.45, 2.75) is 45.3 Å². The Bertz CT molecular complexity index is 1320. The summed E-state index contributed by atoms with van der Waals surface area (Å²) in [5.41, 5.74) is 5.54. The molecule has 0 bridgehead atoms. The molecule has 0 amide bonds. The van der Waals surface area contributed by atoms with Gasteiger partial charge in [0, 0.05) is 13.0 Å². The van der Waals surface area contributed by atoms with Crippen molar-refractivity contribution < 1.29 is 28.8 Å². The third kappa shape index (κ3) is 6.20. The van der Waals surface area contributed by atoms with Crippen LogP contribution in [0.5, 0.6) is 23.0 Å². The highest BCUT2D eigenvalue weighted by Gasteiger charge is 2.31. The fourth-order valence-corrected chi connectivity index (χ4v) is 5.12. The predicted molar refractivity (Wildman–Crippen MR) is 150 cm³/mol. The number of carbonyl (C=O) groups is 1. The molecule has 1 aliphatic carbocycles. The molecule has 3 aromatic rings. The molecule has 1 saturated carbocycles. The maximum atomic E-state index is 11.6. The molecule has 0 radical (unpaired) electrons. The van der Waals surface area contributed by atoms with Gasteiger partial charge in [0.2, 0.25) is 6.79 Å². The van der Waals surface area contributed by atoms with Gasteiger partial charge < -0.3 is 29.4 Å². The van der Waals surface area contributed by atoms with E-state index in [1.54, 1.807) is 12.1 Å². The quantitative estimate of drug-likeness (QED) is 0.240. The molecule has 2 aliphatic rings. The van der Waals surface area contributed by atoms with E-state index in [0.717, 1.165) is 53.0 Å². The first kappa shape index (κ1) is 26.6. The highest BCUT2D eigenvalue weighted by molar-refractivity contribution is 6.00. The van der Waals surface area contributed by atoms with E-state index in [9.17, 15) is 9.90 Å². The summed E-state index contributed by atoms with van der Waals surface area (Å²) >= 11 is 0. The average molecular weight is 530 g/mol.